The molecule has 0 bridgehead atoms. The van der Waals surface area contributed by atoms with Gasteiger partial charge in [0, 0.05) is 30.0 Å². The number of nitrogen functional groups attached to an aromatic ring is 2. The van der Waals surface area contributed by atoms with Crippen LogP contribution in [0.25, 0.3) is 0 Å². The van der Waals surface area contributed by atoms with Crippen molar-refractivity contribution in [1.29, 1.82) is 0 Å². The Kier molecular flexibility index (Phi) is 3.69. The van der Waals surface area contributed by atoms with Gasteiger partial charge in [0.05, 0.1) is 0 Å². The minimum absolute atomic E-state index is 0.0387. The molecule has 0 spiro atoms. The van der Waals surface area contributed by atoms with Crippen molar-refractivity contribution in [3.63, 3.8) is 0 Å². The van der Waals surface area contributed by atoms with Crippen LogP contribution in [0.2, 0.25) is 0 Å². The summed E-state index contributed by atoms with van der Waals surface area (Å²) in [7, 11) is 0. The number of amides is 1. The van der Waals surface area contributed by atoms with Gasteiger partial charge < -0.3 is 16.4 Å². The molecule has 4 heteroatoms. The molecular weight excluding hydrogens is 238 g/mol. The molecule has 4 N–H and O–H groups in total. The van der Waals surface area contributed by atoms with Crippen LogP contribution in [0.1, 0.15) is 36.2 Å². The minimum atomic E-state index is 0.0387. The zero-order chi connectivity index (χ0) is 14.2. The van der Waals surface area contributed by atoms with Gasteiger partial charge in [0.25, 0.3) is 5.91 Å². The summed E-state index contributed by atoms with van der Waals surface area (Å²) in [5, 5.41) is 0. The molecule has 1 aliphatic rings. The smallest absolute Gasteiger partial charge is 0.254 e. The molecule has 1 aromatic carbocycles. The lowest BCUT2D eigenvalue weighted by Crippen LogP contribution is -2.42. The second-order valence-corrected chi connectivity index (χ2v) is 5.94. The molecule has 0 saturated carbocycles. The normalized spacial score (nSPS) is 23.4. The Morgan fingerprint density at radius 3 is 2.11 bits per heavy atom. The summed E-state index contributed by atoms with van der Waals surface area (Å²) < 4.78 is 0. The van der Waals surface area contributed by atoms with E-state index < -0.39 is 0 Å². The second-order valence-electron chi connectivity index (χ2n) is 5.94. The molecule has 1 heterocycles. The van der Waals surface area contributed by atoms with E-state index in [1.807, 2.05) is 11.8 Å². The number of nitrogens with zero attached hydrogens (tertiary/aromatic N) is 1. The maximum absolute atomic E-state index is 12.5. The summed E-state index contributed by atoms with van der Waals surface area (Å²) in [6.45, 7) is 7.87. The van der Waals surface area contributed by atoms with Crippen LogP contribution in [0.5, 0.6) is 0 Å². The average molecular weight is 261 g/mol. The molecule has 1 saturated heterocycles. The highest BCUT2D eigenvalue weighted by atomic mass is 16.2. The van der Waals surface area contributed by atoms with Gasteiger partial charge in [-0.15, -0.1) is 0 Å². The highest BCUT2D eigenvalue weighted by Gasteiger charge is 2.26. The zero-order valence-electron chi connectivity index (χ0n) is 11.9. The number of rotatable bonds is 1. The lowest BCUT2D eigenvalue weighted by atomic mass is 9.91. The summed E-state index contributed by atoms with van der Waals surface area (Å²) in [6, 6.07) is 3.47. The highest BCUT2D eigenvalue weighted by Crippen LogP contribution is 2.25. The van der Waals surface area contributed by atoms with Gasteiger partial charge in [-0.05, 0) is 42.9 Å². The van der Waals surface area contributed by atoms with Crippen LogP contribution in [0.4, 0.5) is 11.4 Å². The van der Waals surface area contributed by atoms with Gasteiger partial charge in [-0.1, -0.05) is 13.8 Å². The summed E-state index contributed by atoms with van der Waals surface area (Å²) >= 11 is 0. The molecule has 0 radical (unpaired) electrons. The van der Waals surface area contributed by atoms with E-state index in [-0.39, 0.29) is 5.91 Å². The van der Waals surface area contributed by atoms with Gasteiger partial charge in [0.2, 0.25) is 0 Å². The Morgan fingerprint density at radius 1 is 1.16 bits per heavy atom. The fourth-order valence-electron chi connectivity index (χ4n) is 2.89. The zero-order valence-corrected chi connectivity index (χ0v) is 11.9. The molecule has 4 nitrogen and oxygen atoms in total. The van der Waals surface area contributed by atoms with Crippen molar-refractivity contribution >= 4 is 17.3 Å². The predicted octanol–water partition coefficient (Wildman–Crippen LogP) is 2.28. The van der Waals surface area contributed by atoms with Gasteiger partial charge >= 0.3 is 0 Å². The molecule has 1 aromatic rings. The average Bonchev–Trinajstić information content (AvgIpc) is 2.33. The number of hydrogen-bond acceptors (Lipinski definition) is 3. The first-order valence-electron chi connectivity index (χ1n) is 6.83. The van der Waals surface area contributed by atoms with Crippen LogP contribution >= 0.6 is 0 Å². The summed E-state index contributed by atoms with van der Waals surface area (Å²) in [4.78, 5) is 14.4. The highest BCUT2D eigenvalue weighted by molar-refractivity contribution is 5.96. The third-order valence-electron chi connectivity index (χ3n) is 3.89. The first kappa shape index (κ1) is 13.7. The maximum atomic E-state index is 12.5. The topological polar surface area (TPSA) is 72.4 Å². The molecule has 0 aliphatic carbocycles. The summed E-state index contributed by atoms with van der Waals surface area (Å²) in [6.07, 6.45) is 1.18. The van der Waals surface area contributed by atoms with Crippen LogP contribution < -0.4 is 11.5 Å². The molecule has 1 fully saturated rings. The van der Waals surface area contributed by atoms with E-state index in [0.29, 0.717) is 28.8 Å². The fraction of sp³-hybridized carbons (Fsp3) is 0.533. The van der Waals surface area contributed by atoms with Crippen LogP contribution in [0.3, 0.4) is 0 Å². The Morgan fingerprint density at radius 2 is 1.63 bits per heavy atom. The number of piperidine rings is 1. The van der Waals surface area contributed by atoms with Crippen LogP contribution in [0.15, 0.2) is 12.1 Å². The molecule has 2 rings (SSSR count). The molecule has 19 heavy (non-hydrogen) atoms. The Bertz CT molecular complexity index is 465. The molecule has 1 amide bonds. The van der Waals surface area contributed by atoms with E-state index in [1.165, 1.54) is 6.42 Å². The third kappa shape index (κ3) is 2.83. The summed E-state index contributed by atoms with van der Waals surface area (Å²) in [5.41, 5.74) is 14.4. The first-order chi connectivity index (χ1) is 8.88. The number of likely N-dealkylation sites (tertiary alicyclic amines) is 1. The molecule has 1 aliphatic heterocycles. The Labute approximate surface area is 114 Å². The largest absolute Gasteiger partial charge is 0.398 e. The van der Waals surface area contributed by atoms with Crippen LogP contribution in [-0.2, 0) is 0 Å². The molecule has 0 aromatic heterocycles. The molecule has 104 valence electrons. The lowest BCUT2D eigenvalue weighted by molar-refractivity contribution is 0.0623. The number of nitrogens with two attached hydrogens (primary N) is 2. The Balaban J connectivity index is 2.24. The maximum Gasteiger partial charge on any atom is 0.254 e. The van der Waals surface area contributed by atoms with Gasteiger partial charge in [0.15, 0.2) is 0 Å². The van der Waals surface area contributed by atoms with E-state index in [9.17, 15) is 4.79 Å². The van der Waals surface area contributed by atoms with Gasteiger partial charge in [-0.25, -0.2) is 0 Å². The van der Waals surface area contributed by atoms with Crippen LogP contribution in [-0.4, -0.2) is 23.9 Å². The predicted molar refractivity (Wildman–Crippen MR) is 78.9 cm³/mol. The first-order valence-corrected chi connectivity index (χ1v) is 6.83. The molecular formula is C15H23N3O. The lowest BCUT2D eigenvalue weighted by Gasteiger charge is -2.35. The van der Waals surface area contributed by atoms with E-state index in [0.717, 1.165) is 18.7 Å². The van der Waals surface area contributed by atoms with Crippen molar-refractivity contribution in [2.75, 3.05) is 24.6 Å². The summed E-state index contributed by atoms with van der Waals surface area (Å²) in [5.74, 6) is 1.14. The number of hydrogen-bond donors (Lipinski definition) is 2. The number of benzene rings is 1. The van der Waals surface area contributed by atoms with Crippen molar-refractivity contribution < 1.29 is 4.79 Å². The van der Waals surface area contributed by atoms with E-state index in [4.69, 9.17) is 11.5 Å². The minimum Gasteiger partial charge on any atom is -0.398 e. The monoisotopic (exact) mass is 261 g/mol. The SMILES string of the molecule is Cc1c(N)cc(C(=O)N2C[C@H](C)C[C@@H](C)C2)cc1N. The van der Waals surface area contributed by atoms with Gasteiger partial charge in [-0.2, -0.15) is 0 Å². The van der Waals surface area contributed by atoms with Crippen molar-refractivity contribution in [2.45, 2.75) is 27.2 Å². The van der Waals surface area contributed by atoms with E-state index in [2.05, 4.69) is 13.8 Å². The van der Waals surface area contributed by atoms with Crippen LogP contribution in [0, 0.1) is 18.8 Å². The Hall–Kier alpha value is -1.71. The quantitative estimate of drug-likeness (QED) is 0.762. The standard InChI is InChI=1S/C15H23N3O/c1-9-4-10(2)8-18(7-9)15(19)12-5-13(16)11(3)14(17)6-12/h5-6,9-10H,4,7-8,16-17H2,1-3H3/t9-,10-/m1/s1. The van der Waals surface area contributed by atoms with Crippen molar-refractivity contribution in [2.24, 2.45) is 11.8 Å². The van der Waals surface area contributed by atoms with E-state index >= 15 is 0 Å². The van der Waals surface area contributed by atoms with E-state index in [1.54, 1.807) is 12.1 Å². The van der Waals surface area contributed by atoms with Crippen molar-refractivity contribution in [3.05, 3.63) is 23.3 Å². The fourth-order valence-corrected chi connectivity index (χ4v) is 2.89. The van der Waals surface area contributed by atoms with Gasteiger partial charge in [0.1, 0.15) is 0 Å². The number of carbonyl (C=O) groups is 1. The van der Waals surface area contributed by atoms with Crippen molar-refractivity contribution in [1.82, 2.24) is 4.90 Å². The number of anilines is 2. The molecule has 2 atom stereocenters. The van der Waals surface area contributed by atoms with Crippen molar-refractivity contribution in [3.8, 4) is 0 Å². The number of carbonyl (C=O) groups excluding carboxylic acids is 1. The third-order valence-corrected chi connectivity index (χ3v) is 3.89. The second kappa shape index (κ2) is 5.11. The molecule has 0 unspecified atom stereocenters. The van der Waals surface area contributed by atoms with Gasteiger partial charge in [-0.3, -0.25) is 4.79 Å².